The van der Waals surface area contributed by atoms with Gasteiger partial charge in [-0.3, -0.25) is 9.69 Å². The Morgan fingerprint density at radius 3 is 2.42 bits per heavy atom. The number of thiol groups is 1. The van der Waals surface area contributed by atoms with Gasteiger partial charge in [-0.05, 0) is 81.8 Å². The van der Waals surface area contributed by atoms with Crippen molar-refractivity contribution in [2.24, 2.45) is 5.92 Å². The molecule has 2 N–H and O–H groups in total. The number of amides is 1. The number of hydrogen-bond donors (Lipinski definition) is 3. The normalized spacial score (nSPS) is 19.1. The maximum absolute atomic E-state index is 12.6. The number of benzene rings is 1. The van der Waals surface area contributed by atoms with Crippen molar-refractivity contribution in [2.75, 3.05) is 52.9 Å². The van der Waals surface area contributed by atoms with Crippen LogP contribution in [-0.2, 0) is 6.54 Å². The van der Waals surface area contributed by atoms with Crippen molar-refractivity contribution in [1.82, 2.24) is 25.4 Å². The molecule has 0 radical (unpaired) electrons. The molecule has 198 valence electrons. The third-order valence-corrected chi connectivity index (χ3v) is 7.93. The van der Waals surface area contributed by atoms with Crippen LogP contribution in [0.5, 0.6) is 5.75 Å². The average molecular weight is 516 g/mol. The van der Waals surface area contributed by atoms with Crippen LogP contribution < -0.4 is 15.4 Å². The summed E-state index contributed by atoms with van der Waals surface area (Å²) >= 11 is 4.34. The van der Waals surface area contributed by atoms with E-state index in [0.717, 1.165) is 67.0 Å². The monoisotopic (exact) mass is 515 g/mol. The minimum absolute atomic E-state index is 0.00272. The minimum Gasteiger partial charge on any atom is -0.497 e. The smallest absolute Gasteiger partial charge is 0.275 e. The molecule has 2 aromatic rings. The number of aryl methyl sites for hydroxylation is 2. The third-order valence-electron chi connectivity index (χ3n) is 7.23. The van der Waals surface area contributed by atoms with Gasteiger partial charge in [0.1, 0.15) is 12.0 Å². The van der Waals surface area contributed by atoms with Gasteiger partial charge in [0.2, 0.25) is 5.89 Å². The molecule has 36 heavy (non-hydrogen) atoms. The number of nitrogens with one attached hydrogen (secondary N) is 2. The maximum atomic E-state index is 12.6. The summed E-state index contributed by atoms with van der Waals surface area (Å²) in [6, 6.07) is 4.57. The number of piperidine rings is 1. The molecule has 2 saturated heterocycles. The first-order chi connectivity index (χ1) is 17.4. The lowest BCUT2D eigenvalue weighted by Crippen LogP contribution is -2.50. The molecule has 8 nitrogen and oxygen atoms in total. The molecule has 3 heterocycles. The molecule has 1 aliphatic carbocycles. The number of aromatic nitrogens is 1. The predicted octanol–water partition coefficient (Wildman–Crippen LogP) is 3.28. The van der Waals surface area contributed by atoms with E-state index in [1.165, 1.54) is 38.5 Å². The first kappa shape index (κ1) is 27.0. The Morgan fingerprint density at radius 1 is 1.14 bits per heavy atom. The zero-order chi connectivity index (χ0) is 25.5. The van der Waals surface area contributed by atoms with Crippen LogP contribution in [0.25, 0.3) is 0 Å². The molecule has 2 aliphatic heterocycles. The molecular weight excluding hydrogens is 474 g/mol. The van der Waals surface area contributed by atoms with Crippen molar-refractivity contribution in [3.8, 4) is 5.75 Å². The summed E-state index contributed by atoms with van der Waals surface area (Å²) < 4.78 is 10.5. The van der Waals surface area contributed by atoms with Crippen LogP contribution in [0.4, 0.5) is 0 Å². The van der Waals surface area contributed by atoms with E-state index >= 15 is 0 Å². The first-order valence-corrected chi connectivity index (χ1v) is 13.6. The highest BCUT2D eigenvalue weighted by atomic mass is 32.1. The van der Waals surface area contributed by atoms with Gasteiger partial charge >= 0.3 is 0 Å². The van der Waals surface area contributed by atoms with Crippen LogP contribution in [0.3, 0.4) is 0 Å². The van der Waals surface area contributed by atoms with Gasteiger partial charge in [0.05, 0.1) is 13.7 Å². The highest BCUT2D eigenvalue weighted by Crippen LogP contribution is 2.24. The summed E-state index contributed by atoms with van der Waals surface area (Å²) in [4.78, 5) is 22.4. The standard InChI is InChI=1S/C18H29N5O2.C9H12OS/c24-18(16-13-25-17(21-16)11-20-15-1-2-15)23-9-7-22(8-10-23)12-14-3-5-19-6-4-14;1-6-4-8(10-3)5-7(2)9(6)11/h13-15,19-20H,1-12H2;4-5,11H,1-3H3. The van der Waals surface area contributed by atoms with Crippen molar-refractivity contribution >= 4 is 18.5 Å². The van der Waals surface area contributed by atoms with E-state index in [4.69, 9.17) is 9.15 Å². The van der Waals surface area contributed by atoms with E-state index in [1.807, 2.05) is 30.9 Å². The Hall–Kier alpha value is -2.07. The van der Waals surface area contributed by atoms with E-state index in [1.54, 1.807) is 7.11 Å². The molecule has 3 fully saturated rings. The number of ether oxygens (including phenoxy) is 1. The van der Waals surface area contributed by atoms with Gasteiger partial charge in [0, 0.05) is 43.7 Å². The fourth-order valence-electron chi connectivity index (χ4n) is 4.77. The summed E-state index contributed by atoms with van der Waals surface area (Å²) in [5, 5.41) is 6.78. The van der Waals surface area contributed by atoms with Crippen LogP contribution in [0, 0.1) is 19.8 Å². The fourth-order valence-corrected chi connectivity index (χ4v) is 4.90. The van der Waals surface area contributed by atoms with Gasteiger partial charge < -0.3 is 24.7 Å². The second-order valence-corrected chi connectivity index (χ2v) is 10.6. The summed E-state index contributed by atoms with van der Waals surface area (Å²) in [7, 11) is 1.67. The van der Waals surface area contributed by atoms with E-state index in [9.17, 15) is 4.79 Å². The molecule has 5 rings (SSSR count). The lowest BCUT2D eigenvalue weighted by atomic mass is 9.97. The second-order valence-electron chi connectivity index (χ2n) is 10.2. The summed E-state index contributed by atoms with van der Waals surface area (Å²) in [5.74, 6) is 2.32. The van der Waals surface area contributed by atoms with Crippen LogP contribution in [-0.4, -0.2) is 79.7 Å². The van der Waals surface area contributed by atoms with Gasteiger partial charge in [-0.2, -0.15) is 0 Å². The highest BCUT2D eigenvalue weighted by Gasteiger charge is 2.26. The Bertz CT molecular complexity index is 972. The largest absolute Gasteiger partial charge is 0.497 e. The molecule has 1 amide bonds. The predicted molar refractivity (Wildman–Crippen MR) is 144 cm³/mol. The van der Waals surface area contributed by atoms with Gasteiger partial charge in [-0.1, -0.05) is 0 Å². The summed E-state index contributed by atoms with van der Waals surface area (Å²) in [6.07, 6.45) is 6.52. The topological polar surface area (TPSA) is 82.9 Å². The van der Waals surface area contributed by atoms with Crippen molar-refractivity contribution in [3.63, 3.8) is 0 Å². The number of carbonyl (C=O) groups is 1. The Balaban J connectivity index is 0.000000233. The van der Waals surface area contributed by atoms with E-state index in [-0.39, 0.29) is 5.91 Å². The summed E-state index contributed by atoms with van der Waals surface area (Å²) in [6.45, 7) is 11.6. The highest BCUT2D eigenvalue weighted by molar-refractivity contribution is 7.80. The van der Waals surface area contributed by atoms with E-state index in [0.29, 0.717) is 24.2 Å². The van der Waals surface area contributed by atoms with Crippen LogP contribution in [0.2, 0.25) is 0 Å². The van der Waals surface area contributed by atoms with Crippen LogP contribution in [0.1, 0.15) is 53.2 Å². The maximum Gasteiger partial charge on any atom is 0.275 e. The van der Waals surface area contributed by atoms with Crippen LogP contribution >= 0.6 is 12.6 Å². The van der Waals surface area contributed by atoms with E-state index in [2.05, 4.69) is 33.1 Å². The van der Waals surface area contributed by atoms with Gasteiger partial charge in [-0.15, -0.1) is 12.6 Å². The lowest BCUT2D eigenvalue weighted by Gasteiger charge is -2.37. The number of oxazole rings is 1. The number of rotatable bonds is 7. The van der Waals surface area contributed by atoms with E-state index < -0.39 is 0 Å². The van der Waals surface area contributed by atoms with Crippen LogP contribution in [0.15, 0.2) is 27.7 Å². The molecule has 0 bridgehead atoms. The van der Waals surface area contributed by atoms with Crippen molar-refractivity contribution < 1.29 is 13.9 Å². The number of piperazine rings is 1. The number of nitrogens with zero attached hydrogens (tertiary/aromatic N) is 3. The van der Waals surface area contributed by atoms with Gasteiger partial charge in [0.15, 0.2) is 5.69 Å². The SMILES string of the molecule is COc1cc(C)c(S)c(C)c1.O=C(c1coc(CNC2CC2)n1)N1CCN(CC2CCNCC2)CC1. The average Bonchev–Trinajstić information content (AvgIpc) is 3.61. The summed E-state index contributed by atoms with van der Waals surface area (Å²) in [5.41, 5.74) is 2.76. The zero-order valence-electron chi connectivity index (χ0n) is 21.9. The molecule has 0 unspecified atom stereocenters. The molecule has 0 spiro atoms. The second kappa shape index (κ2) is 12.9. The molecule has 1 saturated carbocycles. The molecule has 1 aromatic heterocycles. The number of hydrogen-bond acceptors (Lipinski definition) is 8. The Morgan fingerprint density at radius 2 is 1.81 bits per heavy atom. The zero-order valence-corrected chi connectivity index (χ0v) is 22.8. The Labute approximate surface area is 220 Å². The molecule has 0 atom stereocenters. The molecular formula is C27H41N5O3S. The molecule has 1 aromatic carbocycles. The van der Waals surface area contributed by atoms with Crippen molar-refractivity contribution in [2.45, 2.75) is 57.0 Å². The van der Waals surface area contributed by atoms with Crippen molar-refractivity contribution in [3.05, 3.63) is 41.1 Å². The lowest BCUT2D eigenvalue weighted by molar-refractivity contribution is 0.0602. The Kier molecular flexibility index (Phi) is 9.70. The molecule has 9 heteroatoms. The third kappa shape index (κ3) is 7.71. The van der Waals surface area contributed by atoms with Gasteiger partial charge in [-0.25, -0.2) is 4.98 Å². The number of methoxy groups -OCH3 is 1. The van der Waals surface area contributed by atoms with Crippen molar-refractivity contribution in [1.29, 1.82) is 0 Å². The first-order valence-electron chi connectivity index (χ1n) is 13.2. The number of carbonyl (C=O) groups excluding carboxylic acids is 1. The quantitative estimate of drug-likeness (QED) is 0.488. The molecule has 3 aliphatic rings. The van der Waals surface area contributed by atoms with Gasteiger partial charge in [0.25, 0.3) is 5.91 Å². The minimum atomic E-state index is 0.00272. The fraction of sp³-hybridized carbons (Fsp3) is 0.630.